The summed E-state index contributed by atoms with van der Waals surface area (Å²) in [6.07, 6.45) is 1.07. The Labute approximate surface area is 122 Å². The number of benzene rings is 1. The van der Waals surface area contributed by atoms with Crippen LogP contribution in [0.3, 0.4) is 0 Å². The molecule has 1 atom stereocenters. The zero-order valence-electron chi connectivity index (χ0n) is 11.2. The Kier molecular flexibility index (Phi) is 5.45. The highest BCUT2D eigenvalue weighted by Gasteiger charge is 2.21. The fourth-order valence-corrected chi connectivity index (χ4v) is 3.16. The van der Waals surface area contributed by atoms with E-state index in [0.29, 0.717) is 5.56 Å². The van der Waals surface area contributed by atoms with Crippen molar-refractivity contribution in [1.82, 2.24) is 4.72 Å². The van der Waals surface area contributed by atoms with Gasteiger partial charge in [0.25, 0.3) is 0 Å². The van der Waals surface area contributed by atoms with E-state index in [-0.39, 0.29) is 11.4 Å². The molecule has 10 heteroatoms. The maximum Gasteiger partial charge on any atom is 0.321 e. The van der Waals surface area contributed by atoms with Gasteiger partial charge in [-0.15, -0.1) is 0 Å². The Morgan fingerprint density at radius 2 is 1.76 bits per heavy atom. The molecule has 21 heavy (non-hydrogen) atoms. The first-order chi connectivity index (χ1) is 9.51. The van der Waals surface area contributed by atoms with Crippen LogP contribution in [0.25, 0.3) is 0 Å². The van der Waals surface area contributed by atoms with Crippen LogP contribution < -0.4 is 10.5 Å². The van der Waals surface area contributed by atoms with Crippen molar-refractivity contribution >= 4 is 25.8 Å². The Morgan fingerprint density at radius 1 is 1.24 bits per heavy atom. The molecule has 0 fully saturated rings. The van der Waals surface area contributed by atoms with Gasteiger partial charge in [0.2, 0.25) is 10.0 Å². The average Bonchev–Trinajstić information content (AvgIpc) is 2.35. The minimum atomic E-state index is -3.84. The lowest BCUT2D eigenvalue weighted by atomic mass is 10.2. The van der Waals surface area contributed by atoms with Gasteiger partial charge in [-0.05, 0) is 17.7 Å². The Balaban J connectivity index is 2.69. The first-order valence-electron chi connectivity index (χ1n) is 5.76. The van der Waals surface area contributed by atoms with Crippen LogP contribution in [0, 0.1) is 0 Å². The summed E-state index contributed by atoms with van der Waals surface area (Å²) in [5.41, 5.74) is 5.69. The van der Waals surface area contributed by atoms with Crippen molar-refractivity contribution in [3.63, 3.8) is 0 Å². The van der Waals surface area contributed by atoms with E-state index in [1.54, 1.807) is 0 Å². The summed E-state index contributed by atoms with van der Waals surface area (Å²) in [5.74, 6) is -2.14. The van der Waals surface area contributed by atoms with Crippen molar-refractivity contribution in [2.24, 2.45) is 5.73 Å². The highest BCUT2D eigenvalue weighted by molar-refractivity contribution is 7.90. The molecule has 0 saturated carbocycles. The molecule has 0 aliphatic carbocycles. The number of hydrogen-bond acceptors (Lipinski definition) is 6. The third-order valence-electron chi connectivity index (χ3n) is 2.56. The van der Waals surface area contributed by atoms with Crippen LogP contribution in [0.2, 0.25) is 0 Å². The summed E-state index contributed by atoms with van der Waals surface area (Å²) in [7, 11) is -7.15. The molecule has 0 unspecified atom stereocenters. The molecular weight excluding hydrogens is 320 g/mol. The van der Waals surface area contributed by atoms with Crippen LogP contribution in [0.5, 0.6) is 0 Å². The van der Waals surface area contributed by atoms with Gasteiger partial charge < -0.3 is 10.8 Å². The van der Waals surface area contributed by atoms with E-state index in [1.807, 2.05) is 0 Å². The fraction of sp³-hybridized carbons (Fsp3) is 0.364. The maximum atomic E-state index is 11.6. The largest absolute Gasteiger partial charge is 0.480 e. The van der Waals surface area contributed by atoms with Gasteiger partial charge in [-0.3, -0.25) is 4.79 Å². The average molecular weight is 336 g/mol. The number of rotatable bonds is 7. The number of nitrogens with two attached hydrogens (primary N) is 1. The van der Waals surface area contributed by atoms with Gasteiger partial charge in [-0.2, -0.15) is 0 Å². The highest BCUT2D eigenvalue weighted by Crippen LogP contribution is 2.10. The normalized spacial score (nSPS) is 13.8. The van der Waals surface area contributed by atoms with Crippen LogP contribution in [-0.4, -0.2) is 46.0 Å². The van der Waals surface area contributed by atoms with Crippen LogP contribution >= 0.6 is 0 Å². The van der Waals surface area contributed by atoms with Crippen LogP contribution in [0.1, 0.15) is 5.56 Å². The summed E-state index contributed by atoms with van der Waals surface area (Å²) in [5, 5.41) is 8.56. The van der Waals surface area contributed by atoms with E-state index in [9.17, 15) is 21.6 Å². The van der Waals surface area contributed by atoms with Crippen molar-refractivity contribution in [1.29, 1.82) is 0 Å². The molecule has 0 bridgehead atoms. The number of nitrogens with one attached hydrogen (secondary N) is 1. The van der Waals surface area contributed by atoms with Crippen molar-refractivity contribution in [3.8, 4) is 0 Å². The number of sulfone groups is 1. The topological polar surface area (TPSA) is 144 Å². The third-order valence-corrected chi connectivity index (χ3v) is 5.07. The predicted molar refractivity (Wildman–Crippen MR) is 75.8 cm³/mol. The minimum Gasteiger partial charge on any atom is -0.480 e. The summed E-state index contributed by atoms with van der Waals surface area (Å²) in [6.45, 7) is -0.0846. The van der Waals surface area contributed by atoms with Gasteiger partial charge in [0.15, 0.2) is 9.84 Å². The molecular formula is C11H16N2O6S2. The molecule has 118 valence electrons. The van der Waals surface area contributed by atoms with E-state index in [4.69, 9.17) is 10.8 Å². The molecule has 1 aromatic rings. The lowest BCUT2D eigenvalue weighted by Gasteiger charge is -2.09. The fourth-order valence-electron chi connectivity index (χ4n) is 1.41. The van der Waals surface area contributed by atoms with E-state index < -0.39 is 37.6 Å². The van der Waals surface area contributed by atoms with E-state index in [2.05, 4.69) is 4.72 Å². The highest BCUT2D eigenvalue weighted by atomic mass is 32.2. The summed E-state index contributed by atoms with van der Waals surface area (Å²) < 4.78 is 47.9. The number of carboxylic acids is 1. The van der Waals surface area contributed by atoms with Crippen molar-refractivity contribution in [2.45, 2.75) is 17.5 Å². The van der Waals surface area contributed by atoms with Crippen LogP contribution in [0.15, 0.2) is 29.2 Å². The zero-order chi connectivity index (χ0) is 16.3. The first kappa shape index (κ1) is 17.6. The van der Waals surface area contributed by atoms with Gasteiger partial charge in [0.1, 0.15) is 6.04 Å². The molecule has 0 aliphatic heterocycles. The molecule has 1 rings (SSSR count). The number of sulfonamides is 1. The molecule has 0 aliphatic rings. The molecule has 0 radical (unpaired) electrons. The second-order valence-corrected chi connectivity index (χ2v) is 8.33. The summed E-state index contributed by atoms with van der Waals surface area (Å²) >= 11 is 0. The Bertz CT molecular complexity index is 710. The van der Waals surface area contributed by atoms with Crippen LogP contribution in [-0.2, 0) is 31.2 Å². The SMILES string of the molecule is CS(=O)(=O)c1ccc(CNS(=O)(=O)C[C@H](N)C(=O)O)cc1. The molecule has 4 N–H and O–H groups in total. The second kappa shape index (κ2) is 6.52. The monoisotopic (exact) mass is 336 g/mol. The number of aliphatic carboxylic acids is 1. The van der Waals surface area contributed by atoms with Gasteiger partial charge in [-0.25, -0.2) is 21.6 Å². The minimum absolute atomic E-state index is 0.0846. The second-order valence-electron chi connectivity index (χ2n) is 4.46. The quantitative estimate of drug-likeness (QED) is 0.574. The van der Waals surface area contributed by atoms with Crippen molar-refractivity contribution in [2.75, 3.05) is 12.0 Å². The van der Waals surface area contributed by atoms with Crippen LogP contribution in [0.4, 0.5) is 0 Å². The smallest absolute Gasteiger partial charge is 0.321 e. The lowest BCUT2D eigenvalue weighted by Crippen LogP contribution is -2.41. The van der Waals surface area contributed by atoms with Gasteiger partial charge in [0, 0.05) is 12.8 Å². The first-order valence-corrected chi connectivity index (χ1v) is 9.30. The molecule has 0 saturated heterocycles. The molecule has 0 spiro atoms. The van der Waals surface area contributed by atoms with E-state index >= 15 is 0 Å². The molecule has 8 nitrogen and oxygen atoms in total. The number of carbonyl (C=O) groups is 1. The van der Waals surface area contributed by atoms with E-state index in [0.717, 1.165) is 6.26 Å². The Morgan fingerprint density at radius 3 is 2.19 bits per heavy atom. The number of hydrogen-bond donors (Lipinski definition) is 3. The number of carboxylic acid groups (broad SMARTS) is 1. The maximum absolute atomic E-state index is 11.6. The Hall–Kier alpha value is -1.49. The summed E-state index contributed by atoms with van der Waals surface area (Å²) in [6, 6.07) is 4.16. The van der Waals surface area contributed by atoms with Gasteiger partial charge >= 0.3 is 5.97 Å². The molecule has 0 aromatic heterocycles. The summed E-state index contributed by atoms with van der Waals surface area (Å²) in [4.78, 5) is 10.6. The van der Waals surface area contributed by atoms with Crippen molar-refractivity contribution in [3.05, 3.63) is 29.8 Å². The predicted octanol–water partition coefficient (Wildman–Crippen LogP) is -1.08. The van der Waals surface area contributed by atoms with Crippen molar-refractivity contribution < 1.29 is 26.7 Å². The zero-order valence-corrected chi connectivity index (χ0v) is 12.8. The van der Waals surface area contributed by atoms with E-state index in [1.165, 1.54) is 24.3 Å². The standard InChI is InChI=1S/C11H16N2O6S2/c1-20(16,17)9-4-2-8(3-5-9)6-13-21(18,19)7-10(12)11(14)15/h2-5,10,13H,6-7,12H2,1H3,(H,14,15)/t10-/m0/s1. The molecule has 1 aromatic carbocycles. The lowest BCUT2D eigenvalue weighted by molar-refractivity contribution is -0.137. The molecule has 0 heterocycles. The molecule has 0 amide bonds. The van der Waals surface area contributed by atoms with Gasteiger partial charge in [0.05, 0.1) is 10.6 Å². The third kappa shape index (κ3) is 5.79. The van der Waals surface area contributed by atoms with Gasteiger partial charge in [-0.1, -0.05) is 12.1 Å².